The number of aromatic nitrogens is 2. The van der Waals surface area contributed by atoms with Crippen molar-refractivity contribution in [1.29, 1.82) is 0 Å². The zero-order valence-electron chi connectivity index (χ0n) is 38.3. The maximum absolute atomic E-state index is 5.12. The van der Waals surface area contributed by atoms with Crippen molar-refractivity contribution in [3.63, 3.8) is 0 Å². The molecule has 4 nitrogen and oxygen atoms in total. The van der Waals surface area contributed by atoms with E-state index in [1.165, 1.54) is 63.4 Å². The first-order valence-electron chi connectivity index (χ1n) is 23.8. The molecule has 0 atom stereocenters. The molecule has 0 N–H and O–H groups in total. The number of fused-ring (bicyclic) bond motifs is 4. The van der Waals surface area contributed by atoms with Crippen molar-refractivity contribution in [1.82, 2.24) is 9.55 Å². The second kappa shape index (κ2) is 17.9. The molecule has 336 valence electrons. The molecule has 12 rings (SSSR count). The summed E-state index contributed by atoms with van der Waals surface area (Å²) in [7, 11) is 0. The monoisotopic (exact) mass is 1060 g/mol. The molecule has 5 heteroatoms. The van der Waals surface area contributed by atoms with Gasteiger partial charge in [0.1, 0.15) is 5.82 Å². The summed E-state index contributed by atoms with van der Waals surface area (Å²) in [6, 6.07) is 80.4. The number of hydrogen-bond donors (Lipinski definition) is 0. The van der Waals surface area contributed by atoms with Gasteiger partial charge >= 0.3 is 0 Å². The van der Waals surface area contributed by atoms with Gasteiger partial charge in [-0.25, -0.2) is 4.98 Å². The molecule has 1 fully saturated rings. The molecule has 0 saturated heterocycles. The molecule has 1 saturated carbocycles. The van der Waals surface area contributed by atoms with E-state index in [1.807, 2.05) is 6.20 Å². The molecule has 3 heterocycles. The molecule has 10 aromatic rings. The Morgan fingerprint density at radius 3 is 1.84 bits per heavy atom. The maximum atomic E-state index is 5.12. The van der Waals surface area contributed by atoms with Crippen molar-refractivity contribution in [2.75, 3.05) is 9.80 Å². The summed E-state index contributed by atoms with van der Waals surface area (Å²) in [6.07, 6.45) is 8.05. The van der Waals surface area contributed by atoms with E-state index < -0.39 is 5.41 Å². The molecule has 2 aromatic heterocycles. The van der Waals surface area contributed by atoms with E-state index in [4.69, 9.17) is 4.98 Å². The fourth-order valence-electron chi connectivity index (χ4n) is 11.1. The van der Waals surface area contributed by atoms with Crippen LogP contribution in [-0.2, 0) is 31.9 Å². The minimum absolute atomic E-state index is 0. The van der Waals surface area contributed by atoms with Crippen LogP contribution in [0.5, 0.6) is 0 Å². The fraction of sp³-hybridized carbons (Fsp3) is 0.143. The number of hydrogen-bond acceptors (Lipinski definition) is 3. The Labute approximate surface area is 414 Å². The van der Waals surface area contributed by atoms with E-state index in [0.717, 1.165) is 63.6 Å². The Morgan fingerprint density at radius 1 is 0.529 bits per heavy atom. The average Bonchev–Trinajstić information content (AvgIpc) is 3.95. The summed E-state index contributed by atoms with van der Waals surface area (Å²) < 4.78 is 2.34. The van der Waals surface area contributed by atoms with Crippen LogP contribution in [0, 0.1) is 18.8 Å². The summed E-state index contributed by atoms with van der Waals surface area (Å²) in [5, 5.41) is 2.37. The van der Waals surface area contributed by atoms with E-state index in [1.54, 1.807) is 0 Å². The third-order valence-corrected chi connectivity index (χ3v) is 14.6. The van der Waals surface area contributed by atoms with Crippen LogP contribution in [0.25, 0.3) is 49.9 Å². The number of benzene rings is 8. The van der Waals surface area contributed by atoms with Crippen molar-refractivity contribution in [3.8, 4) is 28.1 Å². The van der Waals surface area contributed by atoms with Crippen molar-refractivity contribution >= 4 is 44.6 Å². The van der Waals surface area contributed by atoms with E-state index in [9.17, 15) is 0 Å². The summed E-state index contributed by atoms with van der Waals surface area (Å²) in [5.41, 5.74) is 15.6. The minimum atomic E-state index is -0.445. The zero-order chi connectivity index (χ0) is 45.0. The number of pyridine rings is 1. The molecule has 8 aromatic carbocycles. The second-order valence-corrected chi connectivity index (χ2v) is 18.8. The summed E-state index contributed by atoms with van der Waals surface area (Å²) in [5.74, 6) is 0.932. The van der Waals surface area contributed by atoms with Crippen molar-refractivity contribution in [3.05, 3.63) is 247 Å². The Balaban J connectivity index is 0.00000507. The van der Waals surface area contributed by atoms with E-state index in [-0.39, 0.29) is 26.5 Å². The first-order chi connectivity index (χ1) is 33.0. The largest absolute Gasteiger partial charge is 0.493 e. The van der Waals surface area contributed by atoms with Crippen LogP contribution in [-0.4, -0.2) is 9.55 Å². The topological polar surface area (TPSA) is 24.3 Å². The van der Waals surface area contributed by atoms with E-state index in [2.05, 4.69) is 247 Å². The summed E-state index contributed by atoms with van der Waals surface area (Å²) in [6.45, 7) is 6.85. The van der Waals surface area contributed by atoms with E-state index in [0.29, 0.717) is 0 Å². The van der Waals surface area contributed by atoms with Gasteiger partial charge in [-0.3, -0.25) is 0 Å². The first kappa shape index (κ1) is 43.6. The van der Waals surface area contributed by atoms with Crippen molar-refractivity contribution < 1.29 is 21.1 Å². The van der Waals surface area contributed by atoms with Crippen LogP contribution < -0.4 is 9.80 Å². The van der Waals surface area contributed by atoms with Gasteiger partial charge in [0.05, 0.1) is 0 Å². The molecule has 0 bridgehead atoms. The fourth-order valence-corrected chi connectivity index (χ4v) is 11.1. The van der Waals surface area contributed by atoms with Gasteiger partial charge in [0.2, 0.25) is 0 Å². The quantitative estimate of drug-likeness (QED) is 0.135. The summed E-state index contributed by atoms with van der Waals surface area (Å²) >= 11 is 0. The standard InChI is InChI=1S/C63H51N4.Pt/c1-62(2,49-35-36-55-54-29-13-14-32-56(54)67(59(55)42-49)60-43-50(37-40-64-60)63(38-17-6-18-39-63)47-25-11-5-12-26-47)48-27-19-28-51(41-48)65-44-66(58-34-16-15-33-57(58)65)61-52(45-21-7-3-8-22-45)30-20-31-53(61)46-23-9-4-10-24-46;/h3-5,7-16,19-37,40,43-44H,6,17-18,38-39H2,1-2H3;/q-3;. The van der Waals surface area contributed by atoms with Gasteiger partial charge in [0.15, 0.2) is 0 Å². The van der Waals surface area contributed by atoms with Gasteiger partial charge in [-0.2, -0.15) is 53.6 Å². The predicted octanol–water partition coefficient (Wildman–Crippen LogP) is 16.1. The average molecular weight is 1060 g/mol. The molecule has 2 aliphatic rings. The van der Waals surface area contributed by atoms with Gasteiger partial charge in [-0.15, -0.1) is 17.7 Å². The predicted molar refractivity (Wildman–Crippen MR) is 277 cm³/mol. The number of anilines is 4. The van der Waals surface area contributed by atoms with E-state index >= 15 is 0 Å². The molecule has 0 unspecified atom stereocenters. The van der Waals surface area contributed by atoms with Crippen molar-refractivity contribution in [2.45, 2.75) is 56.8 Å². The molecule has 1 aliphatic heterocycles. The van der Waals surface area contributed by atoms with Gasteiger partial charge in [-0.1, -0.05) is 178 Å². The molecule has 1 aliphatic carbocycles. The van der Waals surface area contributed by atoms with Crippen LogP contribution in [0.15, 0.2) is 206 Å². The Bertz CT molecular complexity index is 3350. The molecular formula is C63H51N4Pt-3. The molecule has 68 heavy (non-hydrogen) atoms. The minimum Gasteiger partial charge on any atom is -0.493 e. The molecular weight excluding hydrogens is 1010 g/mol. The third-order valence-electron chi connectivity index (χ3n) is 14.6. The number of para-hydroxylation sites is 4. The van der Waals surface area contributed by atoms with Crippen LogP contribution in [0.2, 0.25) is 0 Å². The van der Waals surface area contributed by atoms with Gasteiger partial charge in [0.25, 0.3) is 0 Å². The van der Waals surface area contributed by atoms with Gasteiger partial charge in [0, 0.05) is 66.4 Å². The smallest absolute Gasteiger partial charge is 0.135 e. The second-order valence-electron chi connectivity index (χ2n) is 18.8. The van der Waals surface area contributed by atoms with Crippen LogP contribution in [0.1, 0.15) is 68.2 Å². The first-order valence-corrected chi connectivity index (χ1v) is 23.8. The Hall–Kier alpha value is -7.00. The third kappa shape index (κ3) is 7.38. The Morgan fingerprint density at radius 2 is 1.13 bits per heavy atom. The van der Waals surface area contributed by atoms with Gasteiger partial charge < -0.3 is 14.4 Å². The number of rotatable bonds is 9. The maximum Gasteiger partial charge on any atom is 0.135 e. The van der Waals surface area contributed by atoms with Crippen LogP contribution in [0.4, 0.5) is 22.7 Å². The van der Waals surface area contributed by atoms with Crippen LogP contribution >= 0.6 is 0 Å². The number of nitrogens with zero attached hydrogens (tertiary/aromatic N) is 4. The molecule has 0 radical (unpaired) electrons. The SMILES string of the molecule is CC(C)(c1[c-]c(N2[CH-]N(c3c(-c4ccccc4)cccc3-c3ccccc3)c3ccccc32)ccc1)c1[c-]c2c(cc1)c1ccccc1n2-c1cc(C2(c3ccccc3)CCCCC2)ccn1.[Pt]. The van der Waals surface area contributed by atoms with Crippen LogP contribution in [0.3, 0.4) is 0 Å². The zero-order valence-corrected chi connectivity index (χ0v) is 40.6. The normalized spacial score (nSPS) is 14.5. The van der Waals surface area contributed by atoms with Crippen molar-refractivity contribution in [2.24, 2.45) is 0 Å². The molecule has 0 amide bonds. The van der Waals surface area contributed by atoms with Gasteiger partial charge in [-0.05, 0) is 76.2 Å². The Kier molecular flexibility index (Phi) is 11.5. The summed E-state index contributed by atoms with van der Waals surface area (Å²) in [4.78, 5) is 9.78. The molecule has 0 spiro atoms.